The molecule has 0 saturated carbocycles. The predicted molar refractivity (Wildman–Crippen MR) is 128 cm³/mol. The highest BCUT2D eigenvalue weighted by Gasteiger charge is 2.68. The van der Waals surface area contributed by atoms with Gasteiger partial charge in [0.05, 0.1) is 37.3 Å². The van der Waals surface area contributed by atoms with Crippen LogP contribution in [0.5, 0.6) is 0 Å². The topological polar surface area (TPSA) is 36.9 Å². The van der Waals surface area contributed by atoms with Crippen molar-refractivity contribution < 1.29 is 18.9 Å². The first kappa shape index (κ1) is 23.4. The fourth-order valence-corrected chi connectivity index (χ4v) is 5.72. The molecule has 2 fully saturated rings. The van der Waals surface area contributed by atoms with E-state index in [1.54, 1.807) is 0 Å². The molecular weight excluding hydrogens is 524 g/mol. The second-order valence-corrected chi connectivity index (χ2v) is 10.5. The van der Waals surface area contributed by atoms with E-state index in [1.165, 1.54) is 0 Å². The maximum Gasteiger partial charge on any atom is 0.202 e. The van der Waals surface area contributed by atoms with Gasteiger partial charge >= 0.3 is 0 Å². The van der Waals surface area contributed by atoms with Crippen LogP contribution in [0.25, 0.3) is 0 Å². The standard InChI is InChI=1S/C25H30Br2O4/c1-22-17-23(2,19-31-24(22,28-15-13-26)20-9-5-3-6-10-20)25(30-18-22,29-16-14-27)21-11-7-4-8-12-21/h3-12H,13-19H2,1-2H3/t22-,23-,24+,25+/m1/s1. The van der Waals surface area contributed by atoms with E-state index in [1.807, 2.05) is 36.4 Å². The van der Waals surface area contributed by atoms with Crippen LogP contribution in [0.2, 0.25) is 0 Å². The highest BCUT2D eigenvalue weighted by molar-refractivity contribution is 9.09. The Balaban J connectivity index is 1.77. The maximum atomic E-state index is 6.77. The average Bonchev–Trinajstić information content (AvgIpc) is 2.80. The van der Waals surface area contributed by atoms with Crippen LogP contribution in [-0.4, -0.2) is 37.1 Å². The summed E-state index contributed by atoms with van der Waals surface area (Å²) in [6, 6.07) is 20.5. The minimum atomic E-state index is -0.875. The molecule has 2 heterocycles. The predicted octanol–water partition coefficient (Wildman–Crippen LogP) is 5.98. The number of alkyl halides is 2. The Hall–Kier alpha value is -0.760. The van der Waals surface area contributed by atoms with Crippen molar-refractivity contribution in [2.75, 3.05) is 37.1 Å². The monoisotopic (exact) mass is 552 g/mol. The largest absolute Gasteiger partial charge is 0.345 e. The van der Waals surface area contributed by atoms with Gasteiger partial charge in [0, 0.05) is 21.8 Å². The third-order valence-corrected chi connectivity index (χ3v) is 7.28. The molecule has 2 aromatic rings. The highest BCUT2D eigenvalue weighted by atomic mass is 79.9. The Kier molecular flexibility index (Phi) is 6.97. The zero-order chi connectivity index (χ0) is 22.0. The first-order chi connectivity index (χ1) is 15.0. The summed E-state index contributed by atoms with van der Waals surface area (Å²) in [5.41, 5.74) is 1.27. The van der Waals surface area contributed by atoms with E-state index < -0.39 is 11.6 Å². The number of rotatable bonds is 8. The Morgan fingerprint density at radius 2 is 1.10 bits per heavy atom. The highest BCUT2D eigenvalue weighted by Crippen LogP contribution is 2.64. The van der Waals surface area contributed by atoms with E-state index in [0.717, 1.165) is 28.2 Å². The lowest BCUT2D eigenvalue weighted by molar-refractivity contribution is -0.444. The van der Waals surface area contributed by atoms with Crippen LogP contribution >= 0.6 is 31.9 Å². The van der Waals surface area contributed by atoms with Crippen LogP contribution in [0.1, 0.15) is 31.4 Å². The third-order valence-electron chi connectivity index (χ3n) is 6.63. The molecule has 0 unspecified atom stereocenters. The second-order valence-electron chi connectivity index (χ2n) is 8.92. The van der Waals surface area contributed by atoms with Crippen LogP contribution in [0.3, 0.4) is 0 Å². The van der Waals surface area contributed by atoms with Gasteiger partial charge in [-0.2, -0.15) is 0 Å². The summed E-state index contributed by atoms with van der Waals surface area (Å²) in [6.45, 7) is 6.43. The summed E-state index contributed by atoms with van der Waals surface area (Å²) in [5.74, 6) is -1.75. The summed E-state index contributed by atoms with van der Waals surface area (Å²) < 4.78 is 26.5. The summed E-state index contributed by atoms with van der Waals surface area (Å²) in [6.07, 6.45) is 0.842. The number of halogens is 2. The molecular formula is C25H30Br2O4. The fourth-order valence-electron chi connectivity index (χ4n) is 5.40. The van der Waals surface area contributed by atoms with Crippen molar-refractivity contribution in [1.82, 2.24) is 0 Å². The Morgan fingerprint density at radius 1 is 0.710 bits per heavy atom. The smallest absolute Gasteiger partial charge is 0.202 e. The SMILES string of the molecule is C[C@@]12CO[C@@](OCCBr)(c3ccccc3)[C@@](C)(CO[C@@]1(OCCBr)c1ccccc1)C2. The van der Waals surface area contributed by atoms with Crippen molar-refractivity contribution in [3.63, 3.8) is 0 Å². The van der Waals surface area contributed by atoms with Gasteiger partial charge in [-0.05, 0) is 6.42 Å². The maximum absolute atomic E-state index is 6.77. The van der Waals surface area contributed by atoms with Gasteiger partial charge in [0.2, 0.25) is 11.6 Å². The molecule has 0 radical (unpaired) electrons. The Bertz CT molecular complexity index is 795. The molecule has 0 amide bonds. The van der Waals surface area contributed by atoms with E-state index >= 15 is 0 Å². The van der Waals surface area contributed by atoms with Crippen molar-refractivity contribution in [2.24, 2.45) is 10.8 Å². The minimum Gasteiger partial charge on any atom is -0.345 e. The number of benzene rings is 2. The molecule has 0 aliphatic carbocycles. The number of ether oxygens (including phenoxy) is 4. The van der Waals surface area contributed by atoms with Gasteiger partial charge in [-0.3, -0.25) is 0 Å². The molecule has 4 atom stereocenters. The summed E-state index contributed by atoms with van der Waals surface area (Å²) in [7, 11) is 0. The Labute approximate surface area is 201 Å². The van der Waals surface area contributed by atoms with Crippen LogP contribution in [0, 0.1) is 10.8 Å². The summed E-state index contributed by atoms with van der Waals surface area (Å²) in [5, 5.41) is 1.48. The van der Waals surface area contributed by atoms with Gasteiger partial charge in [-0.1, -0.05) is 106 Å². The molecule has 4 nitrogen and oxygen atoms in total. The van der Waals surface area contributed by atoms with Gasteiger partial charge in [0.1, 0.15) is 0 Å². The zero-order valence-electron chi connectivity index (χ0n) is 18.1. The lowest BCUT2D eigenvalue weighted by Crippen LogP contribution is -2.68. The minimum absolute atomic E-state index is 0.389. The molecule has 31 heavy (non-hydrogen) atoms. The molecule has 2 aliphatic rings. The first-order valence-electron chi connectivity index (χ1n) is 10.7. The molecule has 0 spiro atoms. The second kappa shape index (κ2) is 9.24. The molecule has 2 aromatic carbocycles. The van der Waals surface area contributed by atoms with Crippen molar-refractivity contribution in [3.8, 4) is 0 Å². The first-order valence-corrected chi connectivity index (χ1v) is 13.0. The number of hydrogen-bond acceptors (Lipinski definition) is 4. The molecule has 0 N–H and O–H groups in total. The van der Waals surface area contributed by atoms with Gasteiger partial charge in [0.25, 0.3) is 0 Å². The summed E-state index contributed by atoms with van der Waals surface area (Å²) in [4.78, 5) is 0. The number of fused-ring (bicyclic) bond motifs is 2. The quantitative estimate of drug-likeness (QED) is 0.377. The van der Waals surface area contributed by atoms with E-state index in [0.29, 0.717) is 26.4 Å². The van der Waals surface area contributed by atoms with Crippen LogP contribution < -0.4 is 0 Å². The van der Waals surface area contributed by atoms with Crippen molar-refractivity contribution in [3.05, 3.63) is 71.8 Å². The fraction of sp³-hybridized carbons (Fsp3) is 0.520. The van der Waals surface area contributed by atoms with E-state index in [-0.39, 0.29) is 10.8 Å². The van der Waals surface area contributed by atoms with E-state index in [9.17, 15) is 0 Å². The van der Waals surface area contributed by atoms with Crippen LogP contribution in [0.15, 0.2) is 60.7 Å². The van der Waals surface area contributed by atoms with Crippen molar-refractivity contribution >= 4 is 31.9 Å². The molecule has 2 saturated heterocycles. The van der Waals surface area contributed by atoms with Gasteiger partial charge < -0.3 is 18.9 Å². The van der Waals surface area contributed by atoms with E-state index in [2.05, 4.69) is 70.0 Å². The van der Waals surface area contributed by atoms with Crippen LogP contribution in [-0.2, 0) is 30.5 Å². The lowest BCUT2D eigenvalue weighted by atomic mass is 9.59. The lowest BCUT2D eigenvalue weighted by Gasteiger charge is -2.64. The zero-order valence-corrected chi connectivity index (χ0v) is 21.3. The van der Waals surface area contributed by atoms with Crippen molar-refractivity contribution in [1.29, 1.82) is 0 Å². The number of hydrogen-bond donors (Lipinski definition) is 0. The molecule has 2 aliphatic heterocycles. The molecule has 2 bridgehead atoms. The molecule has 0 aromatic heterocycles. The molecule has 168 valence electrons. The van der Waals surface area contributed by atoms with Gasteiger partial charge in [-0.15, -0.1) is 0 Å². The van der Waals surface area contributed by atoms with Gasteiger partial charge in [-0.25, -0.2) is 0 Å². The van der Waals surface area contributed by atoms with Crippen LogP contribution in [0.4, 0.5) is 0 Å². The normalized spacial score (nSPS) is 35.1. The average molecular weight is 554 g/mol. The molecule has 4 rings (SSSR count). The van der Waals surface area contributed by atoms with Crippen molar-refractivity contribution in [2.45, 2.75) is 31.8 Å². The van der Waals surface area contributed by atoms with E-state index in [4.69, 9.17) is 18.9 Å². The molecule has 6 heteroatoms. The Morgan fingerprint density at radius 3 is 1.45 bits per heavy atom. The summed E-state index contributed by atoms with van der Waals surface area (Å²) >= 11 is 7.02. The van der Waals surface area contributed by atoms with Gasteiger partial charge in [0.15, 0.2) is 0 Å². The third kappa shape index (κ3) is 3.83.